The number of hydrogen-bond donors (Lipinski definition) is 0. The highest BCUT2D eigenvalue weighted by molar-refractivity contribution is 5.51. The maximum absolute atomic E-state index is 5.46. The Kier molecular flexibility index (Phi) is 4.17. The summed E-state index contributed by atoms with van der Waals surface area (Å²) in [6.45, 7) is 5.42. The van der Waals surface area contributed by atoms with Gasteiger partial charge in [0.25, 0.3) is 0 Å². The van der Waals surface area contributed by atoms with E-state index in [-0.39, 0.29) is 0 Å². The average molecular weight is 326 g/mol. The Morgan fingerprint density at radius 3 is 2.62 bits per heavy atom. The smallest absolute Gasteiger partial charge is 0.231 e. The first-order valence-corrected chi connectivity index (χ1v) is 8.32. The SMILES string of the molecule is COc1cccc(N2CCN(Cc3ccc4c(c3)OCO4)CC2)c1. The molecule has 5 nitrogen and oxygen atoms in total. The molecule has 0 N–H and O–H groups in total. The van der Waals surface area contributed by atoms with Crippen molar-refractivity contribution in [3.8, 4) is 17.2 Å². The van der Waals surface area contributed by atoms with Crippen LogP contribution in [0.15, 0.2) is 42.5 Å². The number of nitrogens with zero attached hydrogens (tertiary/aromatic N) is 2. The van der Waals surface area contributed by atoms with E-state index in [0.717, 1.165) is 50.0 Å². The highest BCUT2D eigenvalue weighted by Gasteiger charge is 2.19. The molecular formula is C19H22N2O3. The van der Waals surface area contributed by atoms with Gasteiger partial charge >= 0.3 is 0 Å². The van der Waals surface area contributed by atoms with E-state index >= 15 is 0 Å². The summed E-state index contributed by atoms with van der Waals surface area (Å²) in [6, 6.07) is 14.5. The van der Waals surface area contributed by atoms with Gasteiger partial charge < -0.3 is 19.1 Å². The average Bonchev–Trinajstić information content (AvgIpc) is 3.10. The quantitative estimate of drug-likeness (QED) is 0.863. The van der Waals surface area contributed by atoms with Crippen molar-refractivity contribution in [1.82, 2.24) is 4.90 Å². The molecule has 0 spiro atoms. The van der Waals surface area contributed by atoms with Gasteiger partial charge in [0.2, 0.25) is 6.79 Å². The lowest BCUT2D eigenvalue weighted by Gasteiger charge is -2.36. The van der Waals surface area contributed by atoms with E-state index in [9.17, 15) is 0 Å². The predicted molar refractivity (Wildman–Crippen MR) is 93.0 cm³/mol. The molecule has 0 saturated carbocycles. The van der Waals surface area contributed by atoms with Gasteiger partial charge in [-0.15, -0.1) is 0 Å². The molecule has 0 radical (unpaired) electrons. The molecule has 0 aromatic heterocycles. The minimum atomic E-state index is 0.331. The topological polar surface area (TPSA) is 34.2 Å². The van der Waals surface area contributed by atoms with E-state index in [0.29, 0.717) is 6.79 Å². The highest BCUT2D eigenvalue weighted by Crippen LogP contribution is 2.33. The summed E-state index contributed by atoms with van der Waals surface area (Å²) in [5, 5.41) is 0. The number of benzene rings is 2. The van der Waals surface area contributed by atoms with E-state index in [1.807, 2.05) is 18.2 Å². The second-order valence-electron chi connectivity index (χ2n) is 6.15. The van der Waals surface area contributed by atoms with Crippen LogP contribution in [0.1, 0.15) is 5.56 Å². The molecule has 0 amide bonds. The van der Waals surface area contributed by atoms with Crippen molar-refractivity contribution in [2.75, 3.05) is 45.0 Å². The summed E-state index contributed by atoms with van der Waals surface area (Å²) in [5.74, 6) is 2.62. The van der Waals surface area contributed by atoms with Crippen LogP contribution in [-0.4, -0.2) is 45.0 Å². The molecular weight excluding hydrogens is 304 g/mol. The standard InChI is InChI=1S/C19H22N2O3/c1-22-17-4-2-3-16(12-17)21-9-7-20(8-10-21)13-15-5-6-18-19(11-15)24-14-23-18/h2-6,11-12H,7-10,13-14H2,1H3. The maximum Gasteiger partial charge on any atom is 0.231 e. The third-order valence-electron chi connectivity index (χ3n) is 4.63. The van der Waals surface area contributed by atoms with Crippen LogP contribution in [-0.2, 0) is 6.54 Å². The zero-order valence-corrected chi connectivity index (χ0v) is 13.9. The molecule has 2 aliphatic heterocycles. The zero-order valence-electron chi connectivity index (χ0n) is 13.9. The summed E-state index contributed by atoms with van der Waals surface area (Å²) in [6.07, 6.45) is 0. The third kappa shape index (κ3) is 3.12. The molecule has 1 saturated heterocycles. The number of rotatable bonds is 4. The van der Waals surface area contributed by atoms with Crippen LogP contribution in [0.4, 0.5) is 5.69 Å². The van der Waals surface area contributed by atoms with Crippen molar-refractivity contribution >= 4 is 5.69 Å². The molecule has 1 fully saturated rings. The van der Waals surface area contributed by atoms with Crippen LogP contribution in [0.2, 0.25) is 0 Å². The fraction of sp³-hybridized carbons (Fsp3) is 0.368. The lowest BCUT2D eigenvalue weighted by molar-refractivity contribution is 0.174. The zero-order chi connectivity index (χ0) is 16.4. The number of anilines is 1. The fourth-order valence-electron chi connectivity index (χ4n) is 3.27. The minimum Gasteiger partial charge on any atom is -0.497 e. The number of ether oxygens (including phenoxy) is 3. The second-order valence-corrected chi connectivity index (χ2v) is 6.15. The van der Waals surface area contributed by atoms with E-state index < -0.39 is 0 Å². The predicted octanol–water partition coefficient (Wildman–Crippen LogP) is 2.75. The minimum absolute atomic E-state index is 0.331. The Labute approximate surface area is 142 Å². The van der Waals surface area contributed by atoms with E-state index in [2.05, 4.69) is 34.1 Å². The van der Waals surface area contributed by atoms with Gasteiger partial charge in [-0.3, -0.25) is 4.90 Å². The van der Waals surface area contributed by atoms with Gasteiger partial charge in [0, 0.05) is 44.5 Å². The molecule has 2 aromatic rings. The van der Waals surface area contributed by atoms with Crippen LogP contribution in [0.5, 0.6) is 17.2 Å². The van der Waals surface area contributed by atoms with E-state index in [4.69, 9.17) is 14.2 Å². The van der Waals surface area contributed by atoms with Crippen LogP contribution < -0.4 is 19.1 Å². The first-order chi connectivity index (χ1) is 11.8. The first kappa shape index (κ1) is 15.1. The first-order valence-electron chi connectivity index (χ1n) is 8.32. The molecule has 5 heteroatoms. The lowest BCUT2D eigenvalue weighted by atomic mass is 10.1. The summed E-state index contributed by atoms with van der Waals surface area (Å²) in [4.78, 5) is 4.90. The normalized spacial score (nSPS) is 17.1. The monoisotopic (exact) mass is 326 g/mol. The molecule has 0 aliphatic carbocycles. The van der Waals surface area contributed by atoms with Gasteiger partial charge in [0.15, 0.2) is 11.5 Å². The summed E-state index contributed by atoms with van der Waals surface area (Å²) < 4.78 is 16.2. The lowest BCUT2D eigenvalue weighted by Crippen LogP contribution is -2.45. The number of methoxy groups -OCH3 is 1. The van der Waals surface area contributed by atoms with Crippen LogP contribution in [0.3, 0.4) is 0 Å². The van der Waals surface area contributed by atoms with Crippen LogP contribution >= 0.6 is 0 Å². The van der Waals surface area contributed by atoms with Gasteiger partial charge in [-0.05, 0) is 29.8 Å². The van der Waals surface area contributed by atoms with Gasteiger partial charge in [-0.2, -0.15) is 0 Å². The highest BCUT2D eigenvalue weighted by atomic mass is 16.7. The van der Waals surface area contributed by atoms with Crippen molar-refractivity contribution < 1.29 is 14.2 Å². The van der Waals surface area contributed by atoms with Gasteiger partial charge in [0.05, 0.1) is 7.11 Å². The molecule has 2 heterocycles. The maximum atomic E-state index is 5.46. The summed E-state index contributed by atoms with van der Waals surface area (Å²) in [7, 11) is 1.71. The van der Waals surface area contributed by atoms with Gasteiger partial charge in [-0.25, -0.2) is 0 Å². The molecule has 0 unspecified atom stereocenters. The molecule has 0 atom stereocenters. The Bertz CT molecular complexity index is 712. The second kappa shape index (κ2) is 6.61. The van der Waals surface area contributed by atoms with Crippen LogP contribution in [0, 0.1) is 0 Å². The Morgan fingerprint density at radius 1 is 0.958 bits per heavy atom. The Hall–Kier alpha value is -2.40. The summed E-state index contributed by atoms with van der Waals surface area (Å²) >= 11 is 0. The number of fused-ring (bicyclic) bond motifs is 1. The van der Waals surface area contributed by atoms with E-state index in [1.165, 1.54) is 11.3 Å². The third-order valence-corrected chi connectivity index (χ3v) is 4.63. The van der Waals surface area contributed by atoms with Crippen LogP contribution in [0.25, 0.3) is 0 Å². The fourth-order valence-corrected chi connectivity index (χ4v) is 3.27. The van der Waals surface area contributed by atoms with Crippen molar-refractivity contribution in [3.63, 3.8) is 0 Å². The van der Waals surface area contributed by atoms with Crippen molar-refractivity contribution in [2.24, 2.45) is 0 Å². The number of hydrogen-bond acceptors (Lipinski definition) is 5. The molecule has 24 heavy (non-hydrogen) atoms. The van der Waals surface area contributed by atoms with Crippen molar-refractivity contribution in [3.05, 3.63) is 48.0 Å². The Morgan fingerprint density at radius 2 is 1.79 bits per heavy atom. The largest absolute Gasteiger partial charge is 0.497 e. The number of piperazine rings is 1. The molecule has 2 aliphatic rings. The van der Waals surface area contributed by atoms with Crippen molar-refractivity contribution in [1.29, 1.82) is 0 Å². The van der Waals surface area contributed by atoms with Crippen molar-refractivity contribution in [2.45, 2.75) is 6.54 Å². The molecule has 2 aromatic carbocycles. The Balaban J connectivity index is 1.36. The van der Waals surface area contributed by atoms with Gasteiger partial charge in [0.1, 0.15) is 5.75 Å². The van der Waals surface area contributed by atoms with E-state index in [1.54, 1.807) is 7.11 Å². The molecule has 4 rings (SSSR count). The van der Waals surface area contributed by atoms with Gasteiger partial charge in [-0.1, -0.05) is 12.1 Å². The molecule has 0 bridgehead atoms. The summed E-state index contributed by atoms with van der Waals surface area (Å²) in [5.41, 5.74) is 2.51. The molecule has 126 valence electrons.